The molecule has 14 heavy (non-hydrogen) atoms. The van der Waals surface area contributed by atoms with Crippen LogP contribution in [0.2, 0.25) is 5.02 Å². The van der Waals surface area contributed by atoms with Gasteiger partial charge in [0.2, 0.25) is 0 Å². The van der Waals surface area contributed by atoms with Crippen molar-refractivity contribution in [2.45, 2.75) is 26.2 Å². The van der Waals surface area contributed by atoms with E-state index in [4.69, 9.17) is 11.6 Å². The molecule has 2 aromatic rings. The van der Waals surface area contributed by atoms with E-state index in [9.17, 15) is 0 Å². The van der Waals surface area contributed by atoms with Gasteiger partial charge in [-0.2, -0.15) is 0 Å². The maximum Gasteiger partial charge on any atom is 0.0503 e. The first-order valence-corrected chi connectivity index (χ1v) is 5.43. The summed E-state index contributed by atoms with van der Waals surface area (Å²) in [5.74, 6) is 0. The molecule has 1 aliphatic rings. The Labute approximate surface area is 88.1 Å². The Balaban J connectivity index is 2.43. The second-order valence-corrected chi connectivity index (χ2v) is 4.44. The molecule has 0 fully saturated rings. The zero-order valence-corrected chi connectivity index (χ0v) is 8.91. The van der Waals surface area contributed by atoms with Gasteiger partial charge in [-0.25, -0.2) is 0 Å². The first kappa shape index (κ1) is 8.37. The average Bonchev–Trinajstić information content (AvgIpc) is 2.71. The standard InChI is InChI=1S/C12H12ClN/c1-7-10(13)6-5-9-8-3-2-4-11(8)14-12(7)9/h5-6,14H,2-4H2,1H3. The molecular formula is C12H12ClN. The van der Waals surface area contributed by atoms with Gasteiger partial charge in [-0.3, -0.25) is 0 Å². The van der Waals surface area contributed by atoms with E-state index in [1.54, 1.807) is 0 Å². The molecule has 0 amide bonds. The number of halogens is 1. The first-order valence-electron chi connectivity index (χ1n) is 5.06. The highest BCUT2D eigenvalue weighted by atomic mass is 35.5. The Bertz CT molecular complexity index is 511. The third-order valence-corrected chi connectivity index (χ3v) is 3.63. The van der Waals surface area contributed by atoms with Crippen molar-refractivity contribution in [2.75, 3.05) is 0 Å². The second kappa shape index (κ2) is 2.77. The van der Waals surface area contributed by atoms with Crippen molar-refractivity contribution in [2.24, 2.45) is 0 Å². The van der Waals surface area contributed by atoms with Gasteiger partial charge >= 0.3 is 0 Å². The van der Waals surface area contributed by atoms with E-state index >= 15 is 0 Å². The van der Waals surface area contributed by atoms with Gasteiger partial charge in [0.25, 0.3) is 0 Å². The Morgan fingerprint density at radius 3 is 3.00 bits per heavy atom. The highest BCUT2D eigenvalue weighted by Crippen LogP contribution is 2.33. The van der Waals surface area contributed by atoms with E-state index < -0.39 is 0 Å². The topological polar surface area (TPSA) is 15.8 Å². The fourth-order valence-electron chi connectivity index (χ4n) is 2.43. The highest BCUT2D eigenvalue weighted by Gasteiger charge is 2.17. The number of fused-ring (bicyclic) bond motifs is 3. The maximum atomic E-state index is 6.09. The number of benzene rings is 1. The van der Waals surface area contributed by atoms with E-state index in [0.717, 1.165) is 5.02 Å². The van der Waals surface area contributed by atoms with Crippen LogP contribution >= 0.6 is 11.6 Å². The van der Waals surface area contributed by atoms with E-state index in [-0.39, 0.29) is 0 Å². The van der Waals surface area contributed by atoms with E-state index in [2.05, 4.69) is 18.0 Å². The summed E-state index contributed by atoms with van der Waals surface area (Å²) in [5, 5.41) is 2.23. The number of rotatable bonds is 0. The number of H-pyrrole nitrogens is 1. The molecule has 1 aromatic carbocycles. The van der Waals surface area contributed by atoms with Gasteiger partial charge in [-0.15, -0.1) is 0 Å². The lowest BCUT2D eigenvalue weighted by atomic mass is 10.1. The van der Waals surface area contributed by atoms with E-state index in [1.807, 2.05) is 6.07 Å². The van der Waals surface area contributed by atoms with Crippen molar-refractivity contribution >= 4 is 22.5 Å². The first-order chi connectivity index (χ1) is 6.77. The fourth-order valence-corrected chi connectivity index (χ4v) is 2.59. The molecule has 1 aromatic heterocycles. The largest absolute Gasteiger partial charge is 0.358 e. The number of hydrogen-bond acceptors (Lipinski definition) is 0. The average molecular weight is 206 g/mol. The molecule has 0 spiro atoms. The number of nitrogens with one attached hydrogen (secondary N) is 1. The predicted molar refractivity (Wildman–Crippen MR) is 60.1 cm³/mol. The predicted octanol–water partition coefficient (Wildman–Crippen LogP) is 3.62. The minimum absolute atomic E-state index is 0.859. The van der Waals surface area contributed by atoms with Crippen molar-refractivity contribution in [3.05, 3.63) is 34.0 Å². The van der Waals surface area contributed by atoms with Crippen LogP contribution in [0.1, 0.15) is 23.2 Å². The minimum atomic E-state index is 0.859. The Kier molecular flexibility index (Phi) is 1.65. The Hall–Kier alpha value is -0.950. The van der Waals surface area contributed by atoms with Crippen molar-refractivity contribution in [3.8, 4) is 0 Å². The van der Waals surface area contributed by atoms with Gasteiger partial charge in [0.15, 0.2) is 0 Å². The van der Waals surface area contributed by atoms with Gasteiger partial charge < -0.3 is 4.98 Å². The summed E-state index contributed by atoms with van der Waals surface area (Å²) < 4.78 is 0. The highest BCUT2D eigenvalue weighted by molar-refractivity contribution is 6.32. The van der Waals surface area contributed by atoms with Gasteiger partial charge in [0.05, 0.1) is 5.52 Å². The van der Waals surface area contributed by atoms with Crippen molar-refractivity contribution in [1.82, 2.24) is 4.98 Å². The number of aryl methyl sites for hydroxylation is 3. The minimum Gasteiger partial charge on any atom is -0.358 e. The van der Waals surface area contributed by atoms with Crippen LogP contribution in [0.5, 0.6) is 0 Å². The van der Waals surface area contributed by atoms with E-state index in [0.29, 0.717) is 0 Å². The third kappa shape index (κ3) is 0.963. The SMILES string of the molecule is Cc1c(Cl)ccc2c3c([nH]c12)CCC3. The summed E-state index contributed by atoms with van der Waals surface area (Å²) in [6.45, 7) is 2.08. The van der Waals surface area contributed by atoms with Gasteiger partial charge in [0, 0.05) is 16.1 Å². The van der Waals surface area contributed by atoms with Crippen LogP contribution in [0.15, 0.2) is 12.1 Å². The molecule has 0 radical (unpaired) electrons. The fraction of sp³-hybridized carbons (Fsp3) is 0.333. The van der Waals surface area contributed by atoms with Gasteiger partial charge in [-0.05, 0) is 43.4 Å². The maximum absolute atomic E-state index is 6.09. The smallest absolute Gasteiger partial charge is 0.0503 e. The molecule has 0 atom stereocenters. The molecule has 0 saturated heterocycles. The van der Waals surface area contributed by atoms with Crippen LogP contribution in [0, 0.1) is 6.92 Å². The molecule has 0 aliphatic heterocycles. The number of aromatic amines is 1. The summed E-state index contributed by atoms with van der Waals surface area (Å²) in [5.41, 5.74) is 5.35. The Morgan fingerprint density at radius 1 is 1.29 bits per heavy atom. The molecule has 2 heteroatoms. The van der Waals surface area contributed by atoms with E-state index in [1.165, 1.54) is 47.0 Å². The quantitative estimate of drug-likeness (QED) is 0.676. The van der Waals surface area contributed by atoms with Crippen LogP contribution in [0.3, 0.4) is 0 Å². The summed E-state index contributed by atoms with van der Waals surface area (Å²) in [7, 11) is 0. The van der Waals surface area contributed by atoms with Crippen LogP contribution in [-0.4, -0.2) is 4.98 Å². The number of aromatic nitrogens is 1. The van der Waals surface area contributed by atoms with Crippen molar-refractivity contribution in [1.29, 1.82) is 0 Å². The van der Waals surface area contributed by atoms with Crippen LogP contribution in [0.4, 0.5) is 0 Å². The Morgan fingerprint density at radius 2 is 2.14 bits per heavy atom. The van der Waals surface area contributed by atoms with Gasteiger partial charge in [-0.1, -0.05) is 17.7 Å². The lowest BCUT2D eigenvalue weighted by Crippen LogP contribution is -1.81. The van der Waals surface area contributed by atoms with Crippen molar-refractivity contribution in [3.63, 3.8) is 0 Å². The molecular weight excluding hydrogens is 194 g/mol. The zero-order valence-electron chi connectivity index (χ0n) is 8.15. The molecule has 3 rings (SSSR count). The molecule has 1 heterocycles. The molecule has 72 valence electrons. The van der Waals surface area contributed by atoms with Crippen LogP contribution in [-0.2, 0) is 12.8 Å². The summed E-state index contributed by atoms with van der Waals surface area (Å²) >= 11 is 6.09. The summed E-state index contributed by atoms with van der Waals surface area (Å²) in [6, 6.07) is 4.15. The van der Waals surface area contributed by atoms with Crippen LogP contribution in [0.25, 0.3) is 10.9 Å². The lowest BCUT2D eigenvalue weighted by molar-refractivity contribution is 0.898. The molecule has 1 N–H and O–H groups in total. The normalized spacial score (nSPS) is 15.0. The molecule has 0 saturated carbocycles. The summed E-state index contributed by atoms with van der Waals surface area (Å²) in [4.78, 5) is 3.50. The molecule has 1 nitrogen and oxygen atoms in total. The number of hydrogen-bond donors (Lipinski definition) is 1. The zero-order chi connectivity index (χ0) is 9.71. The molecule has 0 bridgehead atoms. The monoisotopic (exact) mass is 205 g/mol. The van der Waals surface area contributed by atoms with Gasteiger partial charge in [0.1, 0.15) is 0 Å². The lowest BCUT2D eigenvalue weighted by Gasteiger charge is -2.00. The summed E-state index contributed by atoms with van der Waals surface area (Å²) in [6.07, 6.45) is 3.70. The van der Waals surface area contributed by atoms with Crippen LogP contribution < -0.4 is 0 Å². The van der Waals surface area contributed by atoms with Crippen molar-refractivity contribution < 1.29 is 0 Å². The third-order valence-electron chi connectivity index (χ3n) is 3.22. The second-order valence-electron chi connectivity index (χ2n) is 4.03. The molecule has 0 unspecified atom stereocenters. The molecule has 1 aliphatic carbocycles.